The van der Waals surface area contributed by atoms with E-state index in [1.807, 2.05) is 6.79 Å². The molecule has 0 aromatic carbocycles. The summed E-state index contributed by atoms with van der Waals surface area (Å²) in [5.74, 6) is 0. The number of halogens is 4. The van der Waals surface area contributed by atoms with Crippen molar-refractivity contribution in [2.45, 2.75) is 27.7 Å². The fourth-order valence-electron chi connectivity index (χ4n) is 0. The third-order valence-corrected chi connectivity index (χ3v) is 0. The Morgan fingerprint density at radius 3 is 0.684 bits per heavy atom. The van der Waals surface area contributed by atoms with Crippen LogP contribution >= 0.6 is 0 Å². The van der Waals surface area contributed by atoms with Crippen LogP contribution in [-0.2, 0) is 4.79 Å². The summed E-state index contributed by atoms with van der Waals surface area (Å²) in [6, 6.07) is 7.00. The van der Waals surface area contributed by atoms with Gasteiger partial charge >= 0.3 is 7.25 Å². The largest absolute Gasteiger partial charge is 0.673 e. The maximum absolute atomic E-state index is 9.75. The predicted molar refractivity (Wildman–Crippen MR) is 62.5 cm³/mol. The van der Waals surface area contributed by atoms with Crippen molar-refractivity contribution in [1.29, 1.82) is 21.0 Å². The van der Waals surface area contributed by atoms with Crippen molar-refractivity contribution in [1.82, 2.24) is 0 Å². The number of carbonyl (C=O) groups excluding carboxylic acids is 1. The highest BCUT2D eigenvalue weighted by molar-refractivity contribution is 6.50. The molecule has 0 aromatic rings. The van der Waals surface area contributed by atoms with E-state index in [1.165, 1.54) is 27.7 Å². The highest BCUT2D eigenvalue weighted by atomic mass is 19.5. The molecule has 0 fully saturated rings. The van der Waals surface area contributed by atoms with Crippen molar-refractivity contribution < 1.29 is 22.1 Å². The first-order chi connectivity index (χ1) is 8.66. The Hall–Kier alpha value is -2.59. The molecule has 0 amide bonds. The Labute approximate surface area is 110 Å². The Balaban J connectivity index is -0.0000000274. The molecule has 0 N–H and O–H groups in total. The van der Waals surface area contributed by atoms with E-state index < -0.39 is 7.25 Å². The van der Waals surface area contributed by atoms with Crippen molar-refractivity contribution in [3.05, 3.63) is 0 Å². The molecule has 0 aliphatic heterocycles. The second kappa shape index (κ2) is 58.3. The minimum atomic E-state index is -6.00. The lowest BCUT2D eigenvalue weighted by Gasteiger charge is -1.94. The molecular weight excluding hydrogens is 267 g/mol. The summed E-state index contributed by atoms with van der Waals surface area (Å²) in [5, 5.41) is 29.3. The SMILES string of the molecule is C=O.CC#N.CC#N.CC#N.CC#N.F[B-](F)(F)F. The highest BCUT2D eigenvalue weighted by Gasteiger charge is 2.20. The third kappa shape index (κ3) is 415. The molecule has 0 aliphatic rings. The predicted octanol–water partition coefficient (Wildman–Crippen LogP) is 3.23. The molecule has 108 valence electrons. The first-order valence-electron chi connectivity index (χ1n) is 4.06. The molecule has 0 unspecified atom stereocenters. The molecule has 19 heavy (non-hydrogen) atoms. The quantitative estimate of drug-likeness (QED) is 0.499. The lowest BCUT2D eigenvalue weighted by Crippen LogP contribution is -2.02. The van der Waals surface area contributed by atoms with Crippen LogP contribution in [0, 0.1) is 45.3 Å². The molecule has 0 saturated heterocycles. The standard InChI is InChI=1S/4C2H3N.CH2O.BF4/c4*1-2-3;1-2;2-1(3,4)5/h4*1H3;1H2;/q;;;;;-1. The number of nitriles is 4. The number of carbonyl (C=O) groups is 1. The maximum atomic E-state index is 9.75. The summed E-state index contributed by atoms with van der Waals surface area (Å²) in [6.45, 7) is 7.72. The van der Waals surface area contributed by atoms with Gasteiger partial charge in [-0.05, 0) is 0 Å². The summed E-state index contributed by atoms with van der Waals surface area (Å²) >= 11 is 0. The minimum absolute atomic E-state index is 1.43. The normalized spacial score (nSPS) is 5.05. The van der Waals surface area contributed by atoms with Gasteiger partial charge in [-0.25, -0.2) is 0 Å². The van der Waals surface area contributed by atoms with Gasteiger partial charge in [-0.2, -0.15) is 21.0 Å². The average Bonchev–Trinajstić information content (AvgIpc) is 2.22. The summed E-state index contributed by atoms with van der Waals surface area (Å²) in [4.78, 5) is 8.00. The molecule has 0 saturated carbocycles. The zero-order chi connectivity index (χ0) is 17.3. The number of rotatable bonds is 0. The van der Waals surface area contributed by atoms with Gasteiger partial charge in [0.15, 0.2) is 0 Å². The van der Waals surface area contributed by atoms with Crippen LogP contribution in [0.2, 0.25) is 0 Å². The first kappa shape index (κ1) is 36.0. The minimum Gasteiger partial charge on any atom is -0.418 e. The van der Waals surface area contributed by atoms with Gasteiger partial charge in [0.2, 0.25) is 0 Å². The number of hydrogen-bond donors (Lipinski definition) is 0. The smallest absolute Gasteiger partial charge is 0.418 e. The van der Waals surface area contributed by atoms with Gasteiger partial charge in [-0.3, -0.25) is 0 Å². The van der Waals surface area contributed by atoms with E-state index >= 15 is 0 Å². The van der Waals surface area contributed by atoms with Crippen LogP contribution < -0.4 is 0 Å². The van der Waals surface area contributed by atoms with Crippen LogP contribution in [0.3, 0.4) is 0 Å². The van der Waals surface area contributed by atoms with Gasteiger partial charge < -0.3 is 22.1 Å². The lowest BCUT2D eigenvalue weighted by atomic mass is 10.3. The van der Waals surface area contributed by atoms with E-state index in [1.54, 1.807) is 24.3 Å². The van der Waals surface area contributed by atoms with E-state index in [0.29, 0.717) is 0 Å². The van der Waals surface area contributed by atoms with Crippen LogP contribution in [0.4, 0.5) is 17.3 Å². The molecule has 10 heteroatoms. The van der Waals surface area contributed by atoms with Crippen LogP contribution in [0.1, 0.15) is 27.7 Å². The van der Waals surface area contributed by atoms with E-state index in [4.69, 9.17) is 25.8 Å². The first-order valence-corrected chi connectivity index (χ1v) is 4.06. The van der Waals surface area contributed by atoms with Gasteiger partial charge in [0.1, 0.15) is 6.79 Å². The van der Waals surface area contributed by atoms with Gasteiger partial charge in [0.05, 0.1) is 24.3 Å². The van der Waals surface area contributed by atoms with Gasteiger partial charge in [-0.15, -0.1) is 0 Å². The molecule has 0 heterocycles. The summed E-state index contributed by atoms with van der Waals surface area (Å²) in [6.07, 6.45) is 0. The molecule has 0 aliphatic carbocycles. The monoisotopic (exact) mass is 281 g/mol. The molecule has 0 bridgehead atoms. The fraction of sp³-hybridized carbons (Fsp3) is 0.444. The van der Waals surface area contributed by atoms with Gasteiger partial charge in [0.25, 0.3) is 0 Å². The fourth-order valence-corrected chi connectivity index (χ4v) is 0. The Bertz CT molecular complexity index is 242. The van der Waals surface area contributed by atoms with Crippen molar-refractivity contribution >= 4 is 14.0 Å². The van der Waals surface area contributed by atoms with E-state index in [-0.39, 0.29) is 0 Å². The molecule has 0 aromatic heterocycles. The second-order valence-corrected chi connectivity index (χ2v) is 1.39. The summed E-state index contributed by atoms with van der Waals surface area (Å²) in [5.41, 5.74) is 0. The Kier molecular flexibility index (Phi) is 110. The molecule has 0 rings (SSSR count). The van der Waals surface area contributed by atoms with Crippen LogP contribution in [0.15, 0.2) is 0 Å². The van der Waals surface area contributed by atoms with Crippen molar-refractivity contribution in [2.24, 2.45) is 0 Å². The third-order valence-electron chi connectivity index (χ3n) is 0. The Morgan fingerprint density at radius 2 is 0.684 bits per heavy atom. The lowest BCUT2D eigenvalue weighted by molar-refractivity contribution is -0.0980. The Morgan fingerprint density at radius 1 is 0.684 bits per heavy atom. The molecular formula is C9H14BF4N4O-. The second-order valence-electron chi connectivity index (χ2n) is 1.39. The molecule has 0 spiro atoms. The maximum Gasteiger partial charge on any atom is 0.673 e. The van der Waals surface area contributed by atoms with E-state index in [0.717, 1.165) is 0 Å². The van der Waals surface area contributed by atoms with Crippen molar-refractivity contribution in [3.63, 3.8) is 0 Å². The summed E-state index contributed by atoms with van der Waals surface area (Å²) < 4.78 is 39.0. The van der Waals surface area contributed by atoms with Gasteiger partial charge in [0, 0.05) is 27.7 Å². The topological polar surface area (TPSA) is 112 Å². The van der Waals surface area contributed by atoms with E-state index in [2.05, 4.69) is 0 Å². The van der Waals surface area contributed by atoms with Crippen LogP contribution in [0.25, 0.3) is 0 Å². The van der Waals surface area contributed by atoms with Crippen molar-refractivity contribution in [2.75, 3.05) is 0 Å². The molecule has 0 atom stereocenters. The zero-order valence-electron chi connectivity index (χ0n) is 11.0. The molecule has 0 radical (unpaired) electrons. The summed E-state index contributed by atoms with van der Waals surface area (Å²) in [7, 11) is -6.00. The highest BCUT2D eigenvalue weighted by Crippen LogP contribution is 2.06. The van der Waals surface area contributed by atoms with Gasteiger partial charge in [-0.1, -0.05) is 0 Å². The number of hydrogen-bond acceptors (Lipinski definition) is 5. The molecule has 5 nitrogen and oxygen atoms in total. The van der Waals surface area contributed by atoms with E-state index in [9.17, 15) is 17.3 Å². The zero-order valence-corrected chi connectivity index (χ0v) is 11.0. The van der Waals surface area contributed by atoms with Crippen molar-refractivity contribution in [3.8, 4) is 24.3 Å². The number of nitrogens with zero attached hydrogens (tertiary/aromatic N) is 4. The van der Waals surface area contributed by atoms with Crippen LogP contribution in [0.5, 0.6) is 0 Å². The van der Waals surface area contributed by atoms with Crippen LogP contribution in [-0.4, -0.2) is 14.0 Å². The average molecular weight is 281 g/mol.